The molecule has 4 heteroatoms. The molecule has 0 aliphatic heterocycles. The molecule has 1 N–H and O–H groups in total. The first kappa shape index (κ1) is 15.2. The zero-order valence-electron chi connectivity index (χ0n) is 13.7. The number of nitrogens with one attached hydrogen (secondary N) is 1. The van der Waals surface area contributed by atoms with Crippen molar-refractivity contribution in [3.63, 3.8) is 0 Å². The minimum Gasteiger partial charge on any atom is -0.326 e. The summed E-state index contributed by atoms with van der Waals surface area (Å²) in [5, 5.41) is 4.12. The zero-order valence-corrected chi connectivity index (χ0v) is 14.5. The molecule has 3 nitrogen and oxygen atoms in total. The quantitative estimate of drug-likeness (QED) is 0.828. The van der Waals surface area contributed by atoms with E-state index in [0.29, 0.717) is 5.92 Å². The minimum absolute atomic E-state index is 0.0481. The first-order chi connectivity index (χ1) is 10.3. The molecule has 22 heavy (non-hydrogen) atoms. The molecule has 1 saturated carbocycles. The van der Waals surface area contributed by atoms with Crippen molar-refractivity contribution in [2.24, 2.45) is 17.3 Å². The molecule has 0 saturated heterocycles. The van der Waals surface area contributed by atoms with Crippen molar-refractivity contribution in [3.05, 3.63) is 34.9 Å². The highest BCUT2D eigenvalue weighted by molar-refractivity contribution is 7.18. The van der Waals surface area contributed by atoms with Gasteiger partial charge in [-0.25, -0.2) is 4.98 Å². The van der Waals surface area contributed by atoms with Crippen molar-refractivity contribution in [2.45, 2.75) is 34.6 Å². The molecule has 1 aromatic heterocycles. The van der Waals surface area contributed by atoms with Gasteiger partial charge in [-0.1, -0.05) is 25.5 Å². The SMILES string of the molecule is CC(C)=C[C@@H]1[C@H](C(=O)Nc2ccc3nc(C)sc3c2)C1(C)C. The van der Waals surface area contributed by atoms with Crippen LogP contribution in [0.3, 0.4) is 0 Å². The fourth-order valence-electron chi connectivity index (χ4n) is 3.19. The van der Waals surface area contributed by atoms with Gasteiger partial charge in [0.1, 0.15) is 0 Å². The molecule has 0 radical (unpaired) electrons. The van der Waals surface area contributed by atoms with Crippen molar-refractivity contribution < 1.29 is 4.79 Å². The van der Waals surface area contributed by atoms with Crippen molar-refractivity contribution in [2.75, 3.05) is 5.32 Å². The monoisotopic (exact) mass is 314 g/mol. The van der Waals surface area contributed by atoms with Crippen molar-refractivity contribution in [1.29, 1.82) is 0 Å². The Morgan fingerprint density at radius 2 is 2.09 bits per heavy atom. The van der Waals surface area contributed by atoms with Gasteiger partial charge in [-0.3, -0.25) is 4.79 Å². The van der Waals surface area contributed by atoms with Gasteiger partial charge in [0.2, 0.25) is 5.91 Å². The van der Waals surface area contributed by atoms with E-state index in [0.717, 1.165) is 20.9 Å². The van der Waals surface area contributed by atoms with Crippen LogP contribution in [0.25, 0.3) is 10.2 Å². The number of nitrogens with zero attached hydrogens (tertiary/aromatic N) is 1. The average Bonchev–Trinajstić information content (AvgIpc) is 2.75. The summed E-state index contributed by atoms with van der Waals surface area (Å²) in [6, 6.07) is 5.92. The number of carbonyl (C=O) groups is 1. The molecule has 0 spiro atoms. The second kappa shape index (κ2) is 5.20. The predicted octanol–water partition coefficient (Wildman–Crippen LogP) is 4.78. The molecule has 3 rings (SSSR count). The van der Waals surface area contributed by atoms with E-state index in [1.165, 1.54) is 5.57 Å². The van der Waals surface area contributed by atoms with Gasteiger partial charge >= 0.3 is 0 Å². The number of aryl methyl sites for hydroxylation is 1. The van der Waals surface area contributed by atoms with Crippen LogP contribution in [0.15, 0.2) is 29.8 Å². The standard InChI is InChI=1S/C18H22N2OS/c1-10(2)8-13-16(18(13,4)5)17(21)20-12-6-7-14-15(9-12)22-11(3)19-14/h6-9,13,16H,1-5H3,(H,20,21)/t13-,16-/m1/s1. The maximum Gasteiger partial charge on any atom is 0.228 e. The summed E-state index contributed by atoms with van der Waals surface area (Å²) in [5.74, 6) is 0.515. The molecule has 116 valence electrons. The molecule has 0 unspecified atom stereocenters. The highest BCUT2D eigenvalue weighted by Crippen LogP contribution is 2.59. The highest BCUT2D eigenvalue weighted by atomic mass is 32.1. The summed E-state index contributed by atoms with van der Waals surface area (Å²) >= 11 is 1.65. The fraction of sp³-hybridized carbons (Fsp3) is 0.444. The van der Waals surface area contributed by atoms with E-state index in [2.05, 4.69) is 44.1 Å². The van der Waals surface area contributed by atoms with Gasteiger partial charge in [0, 0.05) is 5.69 Å². The van der Waals surface area contributed by atoms with Gasteiger partial charge in [0.25, 0.3) is 0 Å². The lowest BCUT2D eigenvalue weighted by atomic mass is 10.1. The molecule has 1 aromatic carbocycles. The Bertz CT molecular complexity index is 768. The summed E-state index contributed by atoms with van der Waals surface area (Å²) in [6.07, 6.45) is 2.22. The van der Waals surface area contributed by atoms with E-state index in [1.54, 1.807) is 11.3 Å². The molecule has 1 aliphatic carbocycles. The van der Waals surface area contributed by atoms with Crippen molar-refractivity contribution in [3.8, 4) is 0 Å². The average molecular weight is 314 g/mol. The maximum atomic E-state index is 12.6. The number of allylic oxidation sites excluding steroid dienone is 2. The molecule has 2 atom stereocenters. The Morgan fingerprint density at radius 1 is 1.36 bits per heavy atom. The molecule has 0 bridgehead atoms. The Morgan fingerprint density at radius 3 is 2.77 bits per heavy atom. The van der Waals surface area contributed by atoms with Crippen LogP contribution < -0.4 is 5.32 Å². The van der Waals surface area contributed by atoms with E-state index in [9.17, 15) is 4.79 Å². The molecule has 1 amide bonds. The molecule has 2 aromatic rings. The number of benzene rings is 1. The minimum atomic E-state index is 0.0481. The van der Waals surface area contributed by atoms with Crippen LogP contribution >= 0.6 is 11.3 Å². The summed E-state index contributed by atoms with van der Waals surface area (Å²) in [5.41, 5.74) is 3.18. The Balaban J connectivity index is 1.77. The van der Waals surface area contributed by atoms with E-state index in [-0.39, 0.29) is 17.2 Å². The van der Waals surface area contributed by atoms with Crippen LogP contribution in [0.1, 0.15) is 32.7 Å². The van der Waals surface area contributed by atoms with Crippen LogP contribution in [-0.4, -0.2) is 10.9 Å². The number of rotatable bonds is 3. The van der Waals surface area contributed by atoms with E-state index >= 15 is 0 Å². The Hall–Kier alpha value is -1.68. The fourth-order valence-corrected chi connectivity index (χ4v) is 4.05. The summed E-state index contributed by atoms with van der Waals surface area (Å²) in [7, 11) is 0. The van der Waals surface area contributed by atoms with Crippen LogP contribution in [0, 0.1) is 24.2 Å². The third-order valence-corrected chi connectivity index (χ3v) is 5.40. The highest BCUT2D eigenvalue weighted by Gasteiger charge is 2.60. The van der Waals surface area contributed by atoms with Crippen LogP contribution in [-0.2, 0) is 4.79 Å². The first-order valence-electron chi connectivity index (χ1n) is 7.62. The number of thiazole rings is 1. The smallest absolute Gasteiger partial charge is 0.228 e. The number of fused-ring (bicyclic) bond motifs is 1. The van der Waals surface area contributed by atoms with Gasteiger partial charge in [0.15, 0.2) is 0 Å². The topological polar surface area (TPSA) is 42.0 Å². The summed E-state index contributed by atoms with van der Waals surface area (Å²) in [4.78, 5) is 17.0. The molecular formula is C18H22N2OS. The van der Waals surface area contributed by atoms with Crippen LogP contribution in [0.2, 0.25) is 0 Å². The van der Waals surface area contributed by atoms with Gasteiger partial charge < -0.3 is 5.32 Å². The Labute approximate surface area is 135 Å². The number of aromatic nitrogens is 1. The number of hydrogen-bond acceptors (Lipinski definition) is 3. The Kier molecular flexibility index (Phi) is 3.60. The van der Waals surface area contributed by atoms with Gasteiger partial charge in [0.05, 0.1) is 21.1 Å². The lowest BCUT2D eigenvalue weighted by Crippen LogP contribution is -2.16. The van der Waals surface area contributed by atoms with Gasteiger partial charge in [-0.15, -0.1) is 11.3 Å². The first-order valence-corrected chi connectivity index (χ1v) is 8.44. The van der Waals surface area contributed by atoms with E-state index in [1.807, 2.05) is 25.1 Å². The van der Waals surface area contributed by atoms with E-state index in [4.69, 9.17) is 0 Å². The predicted molar refractivity (Wildman–Crippen MR) is 93.2 cm³/mol. The van der Waals surface area contributed by atoms with Gasteiger partial charge in [-0.05, 0) is 50.3 Å². The largest absolute Gasteiger partial charge is 0.326 e. The number of carbonyl (C=O) groups excluding carboxylic acids is 1. The van der Waals surface area contributed by atoms with Gasteiger partial charge in [-0.2, -0.15) is 0 Å². The number of hydrogen-bond donors (Lipinski definition) is 1. The van der Waals surface area contributed by atoms with Crippen LogP contribution in [0.5, 0.6) is 0 Å². The maximum absolute atomic E-state index is 12.6. The third-order valence-electron chi connectivity index (χ3n) is 4.47. The third kappa shape index (κ3) is 2.68. The second-order valence-electron chi connectivity index (χ2n) is 6.97. The molecule has 1 fully saturated rings. The lowest BCUT2D eigenvalue weighted by molar-refractivity contribution is -0.118. The molecule has 1 aliphatic rings. The van der Waals surface area contributed by atoms with Crippen molar-refractivity contribution in [1.82, 2.24) is 4.98 Å². The second-order valence-corrected chi connectivity index (χ2v) is 8.21. The normalized spacial score (nSPS) is 22.4. The zero-order chi connectivity index (χ0) is 16.1. The number of amides is 1. The van der Waals surface area contributed by atoms with Crippen LogP contribution in [0.4, 0.5) is 5.69 Å². The summed E-state index contributed by atoms with van der Waals surface area (Å²) in [6.45, 7) is 10.5. The molecular weight excluding hydrogens is 292 g/mol. The van der Waals surface area contributed by atoms with E-state index < -0.39 is 0 Å². The molecule has 1 heterocycles. The lowest BCUT2D eigenvalue weighted by Gasteiger charge is -2.06. The summed E-state index contributed by atoms with van der Waals surface area (Å²) < 4.78 is 1.12. The van der Waals surface area contributed by atoms with Crippen molar-refractivity contribution >= 4 is 33.1 Å². The number of anilines is 1.